The highest BCUT2D eigenvalue weighted by Crippen LogP contribution is 2.13. The van der Waals surface area contributed by atoms with Crippen molar-refractivity contribution in [2.45, 2.75) is 6.18 Å². The summed E-state index contributed by atoms with van der Waals surface area (Å²) in [4.78, 5) is 24.7. The number of fused-ring (bicyclic) bond motifs is 1. The number of carboxylic acids is 1. The van der Waals surface area contributed by atoms with Gasteiger partial charge in [-0.25, -0.2) is 14.3 Å². The molecule has 0 fully saturated rings. The maximum absolute atomic E-state index is 11.7. The molecule has 25 heavy (non-hydrogen) atoms. The number of halogens is 4. The Balaban J connectivity index is 0.000000277. The highest BCUT2D eigenvalue weighted by molar-refractivity contribution is 6.29. The normalized spacial score (nSPS) is 10.9. The number of carbonyl (C=O) groups is 2. The van der Waals surface area contributed by atoms with Crippen LogP contribution >= 0.6 is 11.6 Å². The van der Waals surface area contributed by atoms with Gasteiger partial charge < -0.3 is 14.9 Å². The molecule has 0 saturated heterocycles. The van der Waals surface area contributed by atoms with E-state index in [9.17, 15) is 18.0 Å². The van der Waals surface area contributed by atoms with Gasteiger partial charge in [0.1, 0.15) is 5.15 Å². The van der Waals surface area contributed by atoms with Crippen molar-refractivity contribution in [3.05, 3.63) is 41.5 Å². The zero-order chi connectivity index (χ0) is 18.6. The first-order valence-electron chi connectivity index (χ1n) is 6.21. The summed E-state index contributed by atoms with van der Waals surface area (Å²) < 4.78 is 37.9. The van der Waals surface area contributed by atoms with E-state index in [0.717, 1.165) is 0 Å². The van der Waals surface area contributed by atoms with Crippen molar-refractivity contribution in [2.75, 3.05) is 5.32 Å². The standard InChI is InChI=1S/C10H6ClN5O2.C2HF3O2/c11-7-1-2-9-13-8(5-16(9)15-7)14-10(17)6-3-4-12-18-6;3-2(4,5)1(6)7/h1-5H,(H,14,17);(H,6,7). The molecule has 3 aromatic heterocycles. The predicted octanol–water partition coefficient (Wildman–Crippen LogP) is 2.26. The molecular weight excluding hydrogens is 371 g/mol. The van der Waals surface area contributed by atoms with Gasteiger partial charge in [-0.15, -0.1) is 0 Å². The molecule has 0 aliphatic rings. The van der Waals surface area contributed by atoms with Gasteiger partial charge in [0, 0.05) is 6.07 Å². The third kappa shape index (κ3) is 4.91. The number of aliphatic carboxylic acids is 1. The topological polar surface area (TPSA) is 123 Å². The lowest BCUT2D eigenvalue weighted by Gasteiger charge is -1.95. The van der Waals surface area contributed by atoms with Crippen molar-refractivity contribution >= 4 is 34.9 Å². The number of carbonyl (C=O) groups excluding carboxylic acids is 1. The van der Waals surface area contributed by atoms with Crippen LogP contribution in [0, 0.1) is 0 Å². The van der Waals surface area contributed by atoms with Gasteiger partial charge in [-0.05, 0) is 12.1 Å². The lowest BCUT2D eigenvalue weighted by atomic mass is 10.4. The molecule has 3 rings (SSSR count). The molecule has 0 aliphatic carbocycles. The number of anilines is 1. The van der Waals surface area contributed by atoms with E-state index in [1.807, 2.05) is 0 Å². The van der Waals surface area contributed by atoms with Gasteiger partial charge >= 0.3 is 12.1 Å². The Hall–Kier alpha value is -3.15. The van der Waals surface area contributed by atoms with Gasteiger partial charge in [0.2, 0.25) is 5.76 Å². The van der Waals surface area contributed by atoms with Gasteiger partial charge in [0.15, 0.2) is 11.5 Å². The molecule has 0 aliphatic heterocycles. The number of carboxylic acid groups (broad SMARTS) is 1. The van der Waals surface area contributed by atoms with Crippen LogP contribution in [0.1, 0.15) is 10.6 Å². The fourth-order valence-electron chi connectivity index (χ4n) is 1.43. The number of nitrogens with one attached hydrogen (secondary N) is 1. The maximum atomic E-state index is 11.7. The Kier molecular flexibility index (Phi) is 5.22. The van der Waals surface area contributed by atoms with Crippen LogP contribution in [0.5, 0.6) is 0 Å². The van der Waals surface area contributed by atoms with Crippen LogP contribution in [-0.2, 0) is 4.79 Å². The highest BCUT2D eigenvalue weighted by atomic mass is 35.5. The molecule has 0 spiro atoms. The van der Waals surface area contributed by atoms with Gasteiger partial charge in [0.05, 0.1) is 12.4 Å². The molecule has 0 aromatic carbocycles. The lowest BCUT2D eigenvalue weighted by molar-refractivity contribution is -0.192. The average molecular weight is 378 g/mol. The van der Waals surface area contributed by atoms with E-state index < -0.39 is 18.1 Å². The summed E-state index contributed by atoms with van der Waals surface area (Å²) in [6, 6.07) is 4.77. The quantitative estimate of drug-likeness (QED) is 0.702. The second-order valence-electron chi connectivity index (χ2n) is 4.22. The minimum atomic E-state index is -5.08. The second-order valence-corrected chi connectivity index (χ2v) is 4.61. The van der Waals surface area contributed by atoms with Crippen LogP contribution in [0.3, 0.4) is 0 Å². The first-order chi connectivity index (χ1) is 11.7. The molecule has 0 saturated carbocycles. The number of imidazole rings is 1. The van der Waals surface area contributed by atoms with Crippen molar-refractivity contribution in [3.8, 4) is 0 Å². The molecule has 132 valence electrons. The number of rotatable bonds is 2. The Bertz CT molecular complexity index is 894. The summed E-state index contributed by atoms with van der Waals surface area (Å²) in [5.74, 6) is -2.72. The number of hydrogen-bond donors (Lipinski definition) is 2. The second kappa shape index (κ2) is 7.17. The highest BCUT2D eigenvalue weighted by Gasteiger charge is 2.38. The summed E-state index contributed by atoms with van der Waals surface area (Å²) in [6.45, 7) is 0. The first kappa shape index (κ1) is 18.2. The molecule has 9 nitrogen and oxygen atoms in total. The molecule has 3 aromatic rings. The monoisotopic (exact) mass is 377 g/mol. The minimum Gasteiger partial charge on any atom is -0.475 e. The average Bonchev–Trinajstić information content (AvgIpc) is 3.15. The Labute approximate surface area is 141 Å². The molecule has 13 heteroatoms. The minimum absolute atomic E-state index is 0.109. The molecule has 2 N–H and O–H groups in total. The SMILES string of the molecule is O=C(Nc1cn2nc(Cl)ccc2n1)c1ccno1.O=C(O)C(F)(F)F. The summed E-state index contributed by atoms with van der Waals surface area (Å²) in [6.07, 6.45) is -2.14. The summed E-state index contributed by atoms with van der Waals surface area (Å²) in [7, 11) is 0. The van der Waals surface area contributed by atoms with Crippen LogP contribution in [0.25, 0.3) is 5.65 Å². The van der Waals surface area contributed by atoms with Crippen LogP contribution < -0.4 is 5.32 Å². The van der Waals surface area contributed by atoms with Crippen LogP contribution in [-0.4, -0.2) is 42.9 Å². The zero-order valence-electron chi connectivity index (χ0n) is 11.9. The van der Waals surface area contributed by atoms with Crippen LogP contribution in [0.4, 0.5) is 19.0 Å². The summed E-state index contributed by atoms with van der Waals surface area (Å²) in [5.41, 5.74) is 0.576. The molecule has 0 bridgehead atoms. The van der Waals surface area contributed by atoms with Gasteiger partial charge in [-0.1, -0.05) is 16.8 Å². The lowest BCUT2D eigenvalue weighted by Crippen LogP contribution is -2.21. The molecule has 0 unspecified atom stereocenters. The van der Waals surface area contributed by atoms with Crippen LogP contribution in [0.15, 0.2) is 35.1 Å². The Morgan fingerprint density at radius 1 is 1.28 bits per heavy atom. The van der Waals surface area contributed by atoms with Gasteiger partial charge in [-0.2, -0.15) is 18.3 Å². The fourth-order valence-corrected chi connectivity index (χ4v) is 1.57. The van der Waals surface area contributed by atoms with Crippen molar-refractivity contribution in [2.24, 2.45) is 0 Å². The van der Waals surface area contributed by atoms with Crippen molar-refractivity contribution in [1.82, 2.24) is 19.8 Å². The first-order valence-corrected chi connectivity index (χ1v) is 6.58. The Morgan fingerprint density at radius 2 is 1.96 bits per heavy atom. The van der Waals surface area contributed by atoms with Crippen molar-refractivity contribution in [3.63, 3.8) is 0 Å². The van der Waals surface area contributed by atoms with Gasteiger partial charge in [0.25, 0.3) is 5.91 Å². The third-order valence-corrected chi connectivity index (χ3v) is 2.63. The molecule has 1 amide bonds. The molecular formula is C12H7ClF3N5O4. The van der Waals surface area contributed by atoms with E-state index in [2.05, 4.69) is 20.6 Å². The largest absolute Gasteiger partial charge is 0.490 e. The van der Waals surface area contributed by atoms with E-state index >= 15 is 0 Å². The van der Waals surface area contributed by atoms with E-state index in [0.29, 0.717) is 16.6 Å². The molecule has 0 atom stereocenters. The number of nitrogens with zero attached hydrogens (tertiary/aromatic N) is 4. The Morgan fingerprint density at radius 3 is 2.52 bits per heavy atom. The van der Waals surface area contributed by atoms with Crippen molar-refractivity contribution < 1.29 is 32.4 Å². The predicted molar refractivity (Wildman–Crippen MR) is 76.1 cm³/mol. The van der Waals surface area contributed by atoms with Crippen molar-refractivity contribution in [1.29, 1.82) is 0 Å². The van der Waals surface area contributed by atoms with E-state index in [4.69, 9.17) is 26.0 Å². The third-order valence-electron chi connectivity index (χ3n) is 2.43. The maximum Gasteiger partial charge on any atom is 0.490 e. The van der Waals surface area contributed by atoms with E-state index in [1.165, 1.54) is 16.8 Å². The zero-order valence-corrected chi connectivity index (χ0v) is 12.6. The number of alkyl halides is 3. The fraction of sp³-hybridized carbons (Fsp3) is 0.0833. The number of hydrogen-bond acceptors (Lipinski definition) is 6. The smallest absolute Gasteiger partial charge is 0.475 e. The summed E-state index contributed by atoms with van der Waals surface area (Å²) >= 11 is 5.74. The van der Waals surface area contributed by atoms with Gasteiger partial charge in [-0.3, -0.25) is 4.79 Å². The van der Waals surface area contributed by atoms with E-state index in [1.54, 1.807) is 18.3 Å². The summed E-state index contributed by atoms with van der Waals surface area (Å²) in [5, 5.41) is 17.5. The molecule has 3 heterocycles. The number of amides is 1. The number of aromatic nitrogens is 4. The molecule has 0 radical (unpaired) electrons. The van der Waals surface area contributed by atoms with E-state index in [-0.39, 0.29) is 5.76 Å². The van der Waals surface area contributed by atoms with Crippen LogP contribution in [0.2, 0.25) is 5.15 Å².